The predicted molar refractivity (Wildman–Crippen MR) is 58.0 cm³/mol. The maximum Gasteiger partial charge on any atom is 0.308 e. The van der Waals surface area contributed by atoms with Gasteiger partial charge in [-0.25, -0.2) is 0 Å². The van der Waals surface area contributed by atoms with Crippen molar-refractivity contribution in [3.05, 3.63) is 0 Å². The van der Waals surface area contributed by atoms with E-state index in [9.17, 15) is 9.59 Å². The van der Waals surface area contributed by atoms with Crippen LogP contribution in [0.1, 0.15) is 26.7 Å². The van der Waals surface area contributed by atoms with Gasteiger partial charge in [-0.05, 0) is 12.8 Å². The highest BCUT2D eigenvalue weighted by Crippen LogP contribution is 2.14. The zero-order chi connectivity index (χ0) is 12.1. The summed E-state index contributed by atoms with van der Waals surface area (Å²) in [5.74, 6) is -1.51. The van der Waals surface area contributed by atoms with Crippen molar-refractivity contribution in [2.45, 2.75) is 32.8 Å². The first-order valence-electron chi connectivity index (χ1n) is 5.60. The Labute approximate surface area is 95.4 Å². The summed E-state index contributed by atoms with van der Waals surface area (Å²) in [5.41, 5.74) is 0. The highest BCUT2D eigenvalue weighted by molar-refractivity contribution is 5.75. The van der Waals surface area contributed by atoms with Crippen LogP contribution >= 0.6 is 0 Å². The summed E-state index contributed by atoms with van der Waals surface area (Å²) in [7, 11) is 0. The SMILES string of the molecule is CC(=O)N(CC1CCCO1)CC(C)C(=O)O. The number of aliphatic carboxylic acids is 1. The Kier molecular flexibility index (Phi) is 4.73. The molecule has 16 heavy (non-hydrogen) atoms. The molecular formula is C11H19NO4. The highest BCUT2D eigenvalue weighted by Gasteiger charge is 2.23. The van der Waals surface area contributed by atoms with Crippen molar-refractivity contribution in [2.24, 2.45) is 5.92 Å². The number of amides is 1. The van der Waals surface area contributed by atoms with E-state index in [4.69, 9.17) is 9.84 Å². The topological polar surface area (TPSA) is 66.8 Å². The average molecular weight is 229 g/mol. The van der Waals surface area contributed by atoms with Crippen LogP contribution in [-0.2, 0) is 14.3 Å². The van der Waals surface area contributed by atoms with Gasteiger partial charge in [0.05, 0.1) is 12.0 Å². The van der Waals surface area contributed by atoms with Crippen LogP contribution in [0.15, 0.2) is 0 Å². The summed E-state index contributed by atoms with van der Waals surface area (Å²) in [6.45, 7) is 4.57. The molecule has 1 heterocycles. The van der Waals surface area contributed by atoms with Crippen LogP contribution in [0.25, 0.3) is 0 Å². The van der Waals surface area contributed by atoms with Crippen molar-refractivity contribution in [3.63, 3.8) is 0 Å². The van der Waals surface area contributed by atoms with Gasteiger partial charge in [-0.2, -0.15) is 0 Å². The van der Waals surface area contributed by atoms with E-state index in [2.05, 4.69) is 0 Å². The van der Waals surface area contributed by atoms with E-state index >= 15 is 0 Å². The summed E-state index contributed by atoms with van der Waals surface area (Å²) in [6.07, 6.45) is 2.04. The van der Waals surface area contributed by atoms with E-state index in [0.717, 1.165) is 19.4 Å². The van der Waals surface area contributed by atoms with Crippen molar-refractivity contribution in [1.29, 1.82) is 0 Å². The molecule has 1 saturated heterocycles. The van der Waals surface area contributed by atoms with Crippen molar-refractivity contribution in [3.8, 4) is 0 Å². The van der Waals surface area contributed by atoms with Gasteiger partial charge in [-0.1, -0.05) is 6.92 Å². The van der Waals surface area contributed by atoms with Crippen LogP contribution in [0.2, 0.25) is 0 Å². The predicted octanol–water partition coefficient (Wildman–Crippen LogP) is 0.735. The number of nitrogens with zero attached hydrogens (tertiary/aromatic N) is 1. The van der Waals surface area contributed by atoms with Crippen LogP contribution in [0.5, 0.6) is 0 Å². The molecule has 1 N–H and O–H groups in total. The molecular weight excluding hydrogens is 210 g/mol. The smallest absolute Gasteiger partial charge is 0.308 e. The second-order valence-corrected chi connectivity index (χ2v) is 4.30. The number of carbonyl (C=O) groups is 2. The molecule has 0 spiro atoms. The molecule has 0 bridgehead atoms. The van der Waals surface area contributed by atoms with Crippen LogP contribution in [0.4, 0.5) is 0 Å². The van der Waals surface area contributed by atoms with Gasteiger partial charge < -0.3 is 14.7 Å². The Hall–Kier alpha value is -1.10. The molecule has 1 aliphatic heterocycles. The Morgan fingerprint density at radius 1 is 1.56 bits per heavy atom. The number of carboxylic acid groups (broad SMARTS) is 1. The minimum atomic E-state index is -0.876. The zero-order valence-electron chi connectivity index (χ0n) is 9.81. The monoisotopic (exact) mass is 229 g/mol. The minimum absolute atomic E-state index is 0.0740. The number of hydrogen-bond acceptors (Lipinski definition) is 3. The molecule has 0 aromatic heterocycles. The third-order valence-corrected chi connectivity index (χ3v) is 2.81. The van der Waals surface area contributed by atoms with E-state index in [-0.39, 0.29) is 18.6 Å². The van der Waals surface area contributed by atoms with E-state index in [1.54, 1.807) is 11.8 Å². The lowest BCUT2D eigenvalue weighted by atomic mass is 10.1. The van der Waals surface area contributed by atoms with Gasteiger partial charge in [0.15, 0.2) is 0 Å². The fraction of sp³-hybridized carbons (Fsp3) is 0.818. The molecule has 1 amide bonds. The van der Waals surface area contributed by atoms with Crippen LogP contribution < -0.4 is 0 Å². The molecule has 5 nitrogen and oxygen atoms in total. The van der Waals surface area contributed by atoms with Gasteiger partial charge >= 0.3 is 5.97 Å². The minimum Gasteiger partial charge on any atom is -0.481 e. The average Bonchev–Trinajstić information content (AvgIpc) is 2.68. The van der Waals surface area contributed by atoms with Crippen molar-refractivity contribution in [2.75, 3.05) is 19.7 Å². The Balaban J connectivity index is 2.46. The lowest BCUT2D eigenvalue weighted by Gasteiger charge is -2.25. The first kappa shape index (κ1) is 13.0. The summed E-state index contributed by atoms with van der Waals surface area (Å²) in [6, 6.07) is 0. The molecule has 5 heteroatoms. The summed E-state index contributed by atoms with van der Waals surface area (Å²) >= 11 is 0. The molecule has 92 valence electrons. The molecule has 2 atom stereocenters. The number of rotatable bonds is 5. The number of hydrogen-bond donors (Lipinski definition) is 1. The molecule has 1 rings (SSSR count). The highest BCUT2D eigenvalue weighted by atomic mass is 16.5. The summed E-state index contributed by atoms with van der Waals surface area (Å²) in [5, 5.41) is 8.80. The second-order valence-electron chi connectivity index (χ2n) is 4.30. The number of carboxylic acids is 1. The van der Waals surface area contributed by atoms with Crippen molar-refractivity contribution < 1.29 is 19.4 Å². The lowest BCUT2D eigenvalue weighted by Crippen LogP contribution is -2.40. The van der Waals surface area contributed by atoms with Gasteiger partial charge in [0, 0.05) is 26.6 Å². The lowest BCUT2D eigenvalue weighted by molar-refractivity contribution is -0.143. The van der Waals surface area contributed by atoms with Crippen LogP contribution in [0, 0.1) is 5.92 Å². The fourth-order valence-corrected chi connectivity index (χ4v) is 1.77. The summed E-state index contributed by atoms with van der Waals surface area (Å²) in [4.78, 5) is 23.7. The maximum atomic E-state index is 11.4. The molecule has 2 unspecified atom stereocenters. The van der Waals surface area contributed by atoms with Gasteiger partial charge in [-0.3, -0.25) is 9.59 Å². The van der Waals surface area contributed by atoms with Gasteiger partial charge in [0.25, 0.3) is 0 Å². The number of carbonyl (C=O) groups excluding carboxylic acids is 1. The third kappa shape index (κ3) is 3.81. The van der Waals surface area contributed by atoms with Crippen molar-refractivity contribution >= 4 is 11.9 Å². The fourth-order valence-electron chi connectivity index (χ4n) is 1.77. The Bertz CT molecular complexity index is 261. The first-order valence-corrected chi connectivity index (χ1v) is 5.60. The van der Waals surface area contributed by atoms with E-state index in [0.29, 0.717) is 6.54 Å². The normalized spacial score (nSPS) is 21.8. The molecule has 0 aromatic carbocycles. The third-order valence-electron chi connectivity index (χ3n) is 2.81. The molecule has 0 aliphatic carbocycles. The molecule has 0 radical (unpaired) electrons. The second kappa shape index (κ2) is 5.84. The molecule has 0 saturated carbocycles. The standard InChI is InChI=1S/C11H19NO4/c1-8(11(14)15)6-12(9(2)13)7-10-4-3-5-16-10/h8,10H,3-7H2,1-2H3,(H,14,15). The largest absolute Gasteiger partial charge is 0.481 e. The quantitative estimate of drug-likeness (QED) is 0.755. The Morgan fingerprint density at radius 3 is 2.69 bits per heavy atom. The van der Waals surface area contributed by atoms with E-state index in [1.807, 2.05) is 0 Å². The maximum absolute atomic E-state index is 11.4. The van der Waals surface area contributed by atoms with Crippen LogP contribution in [0.3, 0.4) is 0 Å². The van der Waals surface area contributed by atoms with E-state index < -0.39 is 11.9 Å². The van der Waals surface area contributed by atoms with Crippen molar-refractivity contribution in [1.82, 2.24) is 4.90 Å². The zero-order valence-corrected chi connectivity index (χ0v) is 9.81. The van der Waals surface area contributed by atoms with Gasteiger partial charge in [0.2, 0.25) is 5.91 Å². The van der Waals surface area contributed by atoms with Gasteiger partial charge in [0.1, 0.15) is 0 Å². The van der Waals surface area contributed by atoms with E-state index in [1.165, 1.54) is 6.92 Å². The number of ether oxygens (including phenoxy) is 1. The molecule has 1 aliphatic rings. The Morgan fingerprint density at radius 2 is 2.25 bits per heavy atom. The van der Waals surface area contributed by atoms with Gasteiger partial charge in [-0.15, -0.1) is 0 Å². The molecule has 1 fully saturated rings. The molecule has 0 aromatic rings. The van der Waals surface area contributed by atoms with Crippen LogP contribution in [-0.4, -0.2) is 47.7 Å². The first-order chi connectivity index (χ1) is 7.50. The summed E-state index contributed by atoms with van der Waals surface area (Å²) < 4.78 is 5.43.